The van der Waals surface area contributed by atoms with Crippen molar-refractivity contribution >= 4 is 23.0 Å². The number of hydrogen-bond donors (Lipinski definition) is 2. The molecule has 1 atom stereocenters. The molecule has 3 rings (SSSR count). The monoisotopic (exact) mass is 368 g/mol. The first-order chi connectivity index (χ1) is 12.6. The van der Waals surface area contributed by atoms with E-state index < -0.39 is 0 Å². The van der Waals surface area contributed by atoms with Gasteiger partial charge in [-0.2, -0.15) is 0 Å². The first-order valence-corrected chi connectivity index (χ1v) is 9.65. The van der Waals surface area contributed by atoms with Crippen LogP contribution in [0.2, 0.25) is 0 Å². The van der Waals surface area contributed by atoms with Crippen molar-refractivity contribution in [2.45, 2.75) is 26.8 Å². The van der Waals surface area contributed by atoms with Gasteiger partial charge in [0.05, 0.1) is 0 Å². The summed E-state index contributed by atoms with van der Waals surface area (Å²) in [4.78, 5) is 4.72. The number of anilines is 1. The molecule has 2 heterocycles. The van der Waals surface area contributed by atoms with Gasteiger partial charge in [-0.25, -0.2) is 0 Å². The Morgan fingerprint density at radius 1 is 1.27 bits per heavy atom. The molecule has 26 heavy (non-hydrogen) atoms. The Morgan fingerprint density at radius 2 is 2.04 bits per heavy atom. The molecule has 1 fully saturated rings. The first kappa shape index (κ1) is 18.5. The lowest BCUT2D eigenvalue weighted by Crippen LogP contribution is -2.56. The van der Waals surface area contributed by atoms with Gasteiger partial charge in [-0.05, 0) is 62.3 Å². The molecule has 2 aliphatic heterocycles. The van der Waals surface area contributed by atoms with Crippen LogP contribution in [0.3, 0.4) is 0 Å². The van der Waals surface area contributed by atoms with Crippen LogP contribution in [0, 0.1) is 0 Å². The summed E-state index contributed by atoms with van der Waals surface area (Å²) in [6.45, 7) is 10.2. The van der Waals surface area contributed by atoms with Crippen LogP contribution < -0.4 is 15.5 Å². The highest BCUT2D eigenvalue weighted by Crippen LogP contribution is 2.20. The number of allylic oxidation sites excluding steroid dienone is 2. The molecule has 0 spiro atoms. The van der Waals surface area contributed by atoms with Crippen molar-refractivity contribution in [3.63, 3.8) is 0 Å². The van der Waals surface area contributed by atoms with Crippen LogP contribution in [0.5, 0.6) is 0 Å². The van der Waals surface area contributed by atoms with Crippen LogP contribution in [-0.2, 0) is 0 Å². The van der Waals surface area contributed by atoms with E-state index in [1.807, 2.05) is 6.92 Å². The maximum atomic E-state index is 5.66. The molecule has 1 unspecified atom stereocenters. The number of para-hydroxylation sites is 1. The summed E-state index contributed by atoms with van der Waals surface area (Å²) in [6.07, 6.45) is 6.22. The fraction of sp³-hybridized carbons (Fsp3) is 0.381. The second-order valence-corrected chi connectivity index (χ2v) is 7.22. The van der Waals surface area contributed by atoms with Gasteiger partial charge in [0.1, 0.15) is 0 Å². The molecule has 5 heteroatoms. The van der Waals surface area contributed by atoms with E-state index in [0.717, 1.165) is 31.3 Å². The Balaban J connectivity index is 1.59. The Kier molecular flexibility index (Phi) is 5.99. The second-order valence-electron chi connectivity index (χ2n) is 6.84. The van der Waals surface area contributed by atoms with E-state index in [2.05, 4.69) is 83.0 Å². The van der Waals surface area contributed by atoms with E-state index >= 15 is 0 Å². The van der Waals surface area contributed by atoms with E-state index in [4.69, 9.17) is 12.2 Å². The number of nitrogens with zero attached hydrogens (tertiary/aromatic N) is 2. The van der Waals surface area contributed by atoms with Gasteiger partial charge in [-0.3, -0.25) is 0 Å². The lowest BCUT2D eigenvalue weighted by atomic mass is 10.1. The average molecular weight is 369 g/mol. The Morgan fingerprint density at radius 3 is 2.73 bits per heavy atom. The molecule has 0 aliphatic carbocycles. The van der Waals surface area contributed by atoms with Crippen molar-refractivity contribution in [2.75, 3.05) is 31.1 Å². The van der Waals surface area contributed by atoms with Gasteiger partial charge in [-0.1, -0.05) is 24.3 Å². The summed E-state index contributed by atoms with van der Waals surface area (Å²) in [5.41, 5.74) is 5.02. The zero-order valence-corrected chi connectivity index (χ0v) is 16.6. The Hall–Kier alpha value is -2.27. The highest BCUT2D eigenvalue weighted by atomic mass is 32.1. The van der Waals surface area contributed by atoms with Crippen LogP contribution in [-0.4, -0.2) is 42.2 Å². The van der Waals surface area contributed by atoms with E-state index in [-0.39, 0.29) is 0 Å². The second kappa shape index (κ2) is 8.41. The minimum Gasteiger partial charge on any atom is -0.381 e. The van der Waals surface area contributed by atoms with Crippen molar-refractivity contribution in [3.05, 3.63) is 65.5 Å². The summed E-state index contributed by atoms with van der Waals surface area (Å²) in [5, 5.41) is 7.58. The molecule has 0 radical (unpaired) electrons. The summed E-state index contributed by atoms with van der Waals surface area (Å²) in [7, 11) is 0. The van der Waals surface area contributed by atoms with Crippen LogP contribution in [0.15, 0.2) is 65.5 Å². The van der Waals surface area contributed by atoms with Gasteiger partial charge >= 0.3 is 0 Å². The van der Waals surface area contributed by atoms with Crippen LogP contribution in [0.25, 0.3) is 0 Å². The predicted octanol–water partition coefficient (Wildman–Crippen LogP) is 3.41. The van der Waals surface area contributed by atoms with E-state index in [1.54, 1.807) is 0 Å². The lowest BCUT2D eigenvalue weighted by molar-refractivity contribution is 0.297. The van der Waals surface area contributed by atoms with E-state index in [1.165, 1.54) is 22.5 Å². The van der Waals surface area contributed by atoms with Gasteiger partial charge in [0.2, 0.25) is 0 Å². The third-order valence-corrected chi connectivity index (χ3v) is 5.42. The van der Waals surface area contributed by atoms with Crippen molar-refractivity contribution in [2.24, 2.45) is 0 Å². The van der Waals surface area contributed by atoms with Crippen molar-refractivity contribution in [3.8, 4) is 0 Å². The maximum Gasteiger partial charge on any atom is 0.173 e. The molecule has 1 aromatic rings. The molecule has 0 bridgehead atoms. The molecule has 2 aliphatic rings. The lowest BCUT2D eigenvalue weighted by Gasteiger charge is -2.42. The van der Waals surface area contributed by atoms with Crippen LogP contribution in [0.4, 0.5) is 5.69 Å². The van der Waals surface area contributed by atoms with Crippen LogP contribution in [0.1, 0.15) is 20.8 Å². The van der Waals surface area contributed by atoms with E-state index in [0.29, 0.717) is 6.04 Å². The Bertz CT molecular complexity index is 736. The first-order valence-electron chi connectivity index (χ1n) is 9.24. The van der Waals surface area contributed by atoms with Crippen molar-refractivity contribution in [1.82, 2.24) is 15.5 Å². The zero-order valence-electron chi connectivity index (χ0n) is 15.8. The summed E-state index contributed by atoms with van der Waals surface area (Å²) >= 11 is 5.66. The van der Waals surface area contributed by atoms with Gasteiger partial charge < -0.3 is 20.4 Å². The minimum atomic E-state index is 0.374. The number of hydrogen-bond acceptors (Lipinski definition) is 3. The number of nitrogens with one attached hydrogen (secondary N) is 2. The molecule has 138 valence electrons. The normalized spacial score (nSPS) is 22.3. The number of piperazine rings is 1. The summed E-state index contributed by atoms with van der Waals surface area (Å²) in [5.74, 6) is 0. The number of thiocarbonyl (C=S) groups is 1. The van der Waals surface area contributed by atoms with Gasteiger partial charge in [0.15, 0.2) is 5.11 Å². The van der Waals surface area contributed by atoms with Crippen molar-refractivity contribution < 1.29 is 0 Å². The van der Waals surface area contributed by atoms with Gasteiger partial charge in [0, 0.05) is 49.8 Å². The zero-order chi connectivity index (χ0) is 18.5. The standard InChI is InChI=1S/C21H28N4S/c1-4-8-20-17(3)18(13-22-20)14-23-21(26)25-12-11-24(15-16(25)2)19-9-6-5-7-10-19/h4-10,14,16,22H,11-13,15H2,1-3H3,(H,23,26)/b8-4-,18-14-. The third kappa shape index (κ3) is 4.10. The van der Waals surface area contributed by atoms with Gasteiger partial charge in [0.25, 0.3) is 0 Å². The third-order valence-electron chi connectivity index (χ3n) is 5.07. The maximum absolute atomic E-state index is 5.66. The molecular formula is C21H28N4S. The highest BCUT2D eigenvalue weighted by Gasteiger charge is 2.25. The minimum absolute atomic E-state index is 0.374. The molecule has 1 aromatic carbocycles. The molecule has 0 saturated carbocycles. The van der Waals surface area contributed by atoms with E-state index in [9.17, 15) is 0 Å². The fourth-order valence-electron chi connectivity index (χ4n) is 3.50. The average Bonchev–Trinajstić information content (AvgIpc) is 3.00. The molecule has 4 nitrogen and oxygen atoms in total. The Labute approximate surface area is 162 Å². The molecule has 0 aromatic heterocycles. The quantitative estimate of drug-likeness (QED) is 0.799. The molecule has 2 N–H and O–H groups in total. The number of rotatable bonds is 3. The molecule has 1 saturated heterocycles. The highest BCUT2D eigenvalue weighted by molar-refractivity contribution is 7.80. The summed E-state index contributed by atoms with van der Waals surface area (Å²) < 4.78 is 0. The fourth-order valence-corrected chi connectivity index (χ4v) is 3.83. The van der Waals surface area contributed by atoms with Gasteiger partial charge in [-0.15, -0.1) is 0 Å². The summed E-state index contributed by atoms with van der Waals surface area (Å²) in [6, 6.07) is 11.0. The largest absolute Gasteiger partial charge is 0.381 e. The topological polar surface area (TPSA) is 30.5 Å². The molecular weight excluding hydrogens is 340 g/mol. The number of benzene rings is 1. The smallest absolute Gasteiger partial charge is 0.173 e. The molecule has 0 amide bonds. The predicted molar refractivity (Wildman–Crippen MR) is 114 cm³/mol. The van der Waals surface area contributed by atoms with Crippen LogP contribution >= 0.6 is 12.2 Å². The van der Waals surface area contributed by atoms with Crippen molar-refractivity contribution in [1.29, 1.82) is 0 Å². The SMILES string of the molecule is C/C=C\C1=C(C)C(=C\NC(=S)N2CCN(c3ccccc3)CC2C)/CN1.